The number of benzene rings is 1. The Morgan fingerprint density at radius 3 is 2.58 bits per heavy atom. The summed E-state index contributed by atoms with van der Waals surface area (Å²) < 4.78 is 18.1. The molecule has 1 atom stereocenters. The van der Waals surface area contributed by atoms with Crippen LogP contribution in [0.3, 0.4) is 0 Å². The van der Waals surface area contributed by atoms with Gasteiger partial charge in [-0.15, -0.1) is 11.3 Å². The van der Waals surface area contributed by atoms with E-state index in [4.69, 9.17) is 4.74 Å². The average molecular weight is 378 g/mol. The van der Waals surface area contributed by atoms with Crippen LogP contribution in [0.5, 0.6) is 0 Å². The van der Waals surface area contributed by atoms with Crippen LogP contribution in [0.2, 0.25) is 0 Å². The summed E-state index contributed by atoms with van der Waals surface area (Å²) in [6, 6.07) is 7.87. The molecule has 2 aromatic rings. The largest absolute Gasteiger partial charge is 0.454 e. The highest BCUT2D eigenvalue weighted by Gasteiger charge is 2.27. The summed E-state index contributed by atoms with van der Waals surface area (Å²) in [5.41, 5.74) is 0.262. The average Bonchev–Trinajstić information content (AvgIpc) is 3.12. The third-order valence-corrected chi connectivity index (χ3v) is 4.27. The number of thiophene rings is 1. The molecule has 0 saturated heterocycles. The molecule has 0 fully saturated rings. The lowest BCUT2D eigenvalue weighted by atomic mass is 10.0. The first-order valence-electron chi connectivity index (χ1n) is 7.93. The van der Waals surface area contributed by atoms with E-state index >= 15 is 0 Å². The van der Waals surface area contributed by atoms with Gasteiger partial charge < -0.3 is 15.4 Å². The molecule has 0 bridgehead atoms. The molecule has 1 heterocycles. The van der Waals surface area contributed by atoms with Crippen LogP contribution in [-0.2, 0) is 14.3 Å². The van der Waals surface area contributed by atoms with Gasteiger partial charge in [0.05, 0.1) is 4.88 Å². The van der Waals surface area contributed by atoms with E-state index in [1.54, 1.807) is 31.4 Å². The fourth-order valence-corrected chi connectivity index (χ4v) is 2.73. The van der Waals surface area contributed by atoms with E-state index < -0.39 is 30.3 Å². The molecule has 2 N–H and O–H groups in total. The number of rotatable bonds is 7. The van der Waals surface area contributed by atoms with Crippen molar-refractivity contribution in [2.45, 2.75) is 19.9 Å². The maximum absolute atomic E-state index is 13.1. The van der Waals surface area contributed by atoms with Crippen molar-refractivity contribution in [2.24, 2.45) is 5.92 Å². The lowest BCUT2D eigenvalue weighted by molar-refractivity contribution is -0.150. The molecule has 0 aliphatic heterocycles. The molecule has 138 valence electrons. The Hall–Kier alpha value is -2.74. The summed E-state index contributed by atoms with van der Waals surface area (Å²) in [7, 11) is 0. The van der Waals surface area contributed by atoms with Crippen LogP contribution in [0, 0.1) is 11.7 Å². The van der Waals surface area contributed by atoms with E-state index in [0.717, 1.165) is 6.07 Å². The van der Waals surface area contributed by atoms with Crippen molar-refractivity contribution in [3.8, 4) is 0 Å². The minimum atomic E-state index is -0.883. The Labute approximate surface area is 154 Å². The predicted molar refractivity (Wildman–Crippen MR) is 96.4 cm³/mol. The molecule has 2 amide bonds. The van der Waals surface area contributed by atoms with Gasteiger partial charge in [0, 0.05) is 5.69 Å². The SMILES string of the molecule is CC(C)[C@H](NC(=O)c1cccs1)C(=O)OCC(=O)Nc1cccc(F)c1. The summed E-state index contributed by atoms with van der Waals surface area (Å²) in [5.74, 6) is -2.40. The number of ether oxygens (including phenoxy) is 1. The first-order valence-corrected chi connectivity index (χ1v) is 8.81. The zero-order valence-corrected chi connectivity index (χ0v) is 15.1. The predicted octanol–water partition coefficient (Wildman–Crippen LogP) is 2.82. The summed E-state index contributed by atoms with van der Waals surface area (Å²) in [5, 5.41) is 6.80. The maximum Gasteiger partial charge on any atom is 0.329 e. The Kier molecular flexibility index (Phi) is 6.85. The Morgan fingerprint density at radius 1 is 1.19 bits per heavy atom. The smallest absolute Gasteiger partial charge is 0.329 e. The van der Waals surface area contributed by atoms with Crippen LogP contribution in [0.1, 0.15) is 23.5 Å². The molecule has 1 aromatic heterocycles. The van der Waals surface area contributed by atoms with Crippen molar-refractivity contribution in [3.05, 3.63) is 52.5 Å². The van der Waals surface area contributed by atoms with Crippen LogP contribution in [0.4, 0.5) is 10.1 Å². The maximum atomic E-state index is 13.1. The molecule has 8 heteroatoms. The Morgan fingerprint density at radius 2 is 1.96 bits per heavy atom. The summed E-state index contributed by atoms with van der Waals surface area (Å²) >= 11 is 1.26. The Balaban J connectivity index is 1.88. The van der Waals surface area contributed by atoms with Gasteiger partial charge in [-0.05, 0) is 35.6 Å². The molecule has 0 saturated carbocycles. The lowest BCUT2D eigenvalue weighted by Crippen LogP contribution is -2.45. The van der Waals surface area contributed by atoms with Crippen molar-refractivity contribution in [2.75, 3.05) is 11.9 Å². The van der Waals surface area contributed by atoms with Crippen molar-refractivity contribution in [1.29, 1.82) is 0 Å². The van der Waals surface area contributed by atoms with E-state index in [1.165, 1.54) is 29.5 Å². The van der Waals surface area contributed by atoms with Gasteiger partial charge in [-0.3, -0.25) is 9.59 Å². The van der Waals surface area contributed by atoms with Crippen LogP contribution >= 0.6 is 11.3 Å². The highest BCUT2D eigenvalue weighted by Crippen LogP contribution is 2.12. The van der Waals surface area contributed by atoms with E-state index in [-0.39, 0.29) is 17.5 Å². The van der Waals surface area contributed by atoms with Crippen molar-refractivity contribution >= 4 is 34.8 Å². The molecule has 1 aromatic carbocycles. The highest BCUT2D eigenvalue weighted by atomic mass is 32.1. The van der Waals surface area contributed by atoms with Crippen LogP contribution in [0.15, 0.2) is 41.8 Å². The number of anilines is 1. The third kappa shape index (κ3) is 5.66. The quantitative estimate of drug-likeness (QED) is 0.726. The van der Waals surface area contributed by atoms with Gasteiger partial charge in [-0.2, -0.15) is 0 Å². The van der Waals surface area contributed by atoms with Crippen LogP contribution in [0.25, 0.3) is 0 Å². The number of hydrogen-bond acceptors (Lipinski definition) is 5. The number of nitrogens with one attached hydrogen (secondary N) is 2. The summed E-state index contributed by atoms with van der Waals surface area (Å²) in [6.45, 7) is 2.98. The molecule has 26 heavy (non-hydrogen) atoms. The molecular formula is C18H19FN2O4S. The van der Waals surface area contributed by atoms with Crippen molar-refractivity contribution in [3.63, 3.8) is 0 Å². The third-order valence-electron chi connectivity index (χ3n) is 3.41. The highest BCUT2D eigenvalue weighted by molar-refractivity contribution is 7.12. The second-order valence-electron chi connectivity index (χ2n) is 5.84. The number of carbonyl (C=O) groups excluding carboxylic acids is 3. The number of esters is 1. The van der Waals surface area contributed by atoms with E-state index in [0.29, 0.717) is 4.88 Å². The Bertz CT molecular complexity index is 777. The van der Waals surface area contributed by atoms with Gasteiger partial charge in [0.15, 0.2) is 6.61 Å². The number of halogens is 1. The van der Waals surface area contributed by atoms with Gasteiger partial charge in [0.25, 0.3) is 11.8 Å². The molecule has 6 nitrogen and oxygen atoms in total. The minimum absolute atomic E-state index is 0.224. The van der Waals surface area contributed by atoms with Crippen LogP contribution < -0.4 is 10.6 Å². The van der Waals surface area contributed by atoms with Crippen molar-refractivity contribution < 1.29 is 23.5 Å². The van der Waals surface area contributed by atoms with Gasteiger partial charge >= 0.3 is 5.97 Å². The second kappa shape index (κ2) is 9.10. The number of hydrogen-bond donors (Lipinski definition) is 2. The molecule has 2 rings (SSSR count). The fraction of sp³-hybridized carbons (Fsp3) is 0.278. The van der Waals surface area contributed by atoms with Gasteiger partial charge in [0.1, 0.15) is 11.9 Å². The van der Waals surface area contributed by atoms with Crippen LogP contribution in [-0.4, -0.2) is 30.4 Å². The first kappa shape index (κ1) is 19.6. The van der Waals surface area contributed by atoms with Gasteiger partial charge in [0.2, 0.25) is 0 Å². The standard InChI is InChI=1S/C18H19FN2O4S/c1-11(2)16(21-17(23)14-7-4-8-26-14)18(24)25-10-15(22)20-13-6-3-5-12(19)9-13/h3-9,11,16H,10H2,1-2H3,(H,20,22)(H,21,23)/t16-/m0/s1. The zero-order valence-electron chi connectivity index (χ0n) is 14.3. The number of amides is 2. The molecular weight excluding hydrogens is 359 g/mol. The molecule has 0 aliphatic rings. The minimum Gasteiger partial charge on any atom is -0.454 e. The normalized spacial score (nSPS) is 11.7. The van der Waals surface area contributed by atoms with Crippen molar-refractivity contribution in [1.82, 2.24) is 5.32 Å². The second-order valence-corrected chi connectivity index (χ2v) is 6.79. The van der Waals surface area contributed by atoms with E-state index in [1.807, 2.05) is 0 Å². The lowest BCUT2D eigenvalue weighted by Gasteiger charge is -2.20. The van der Waals surface area contributed by atoms with Gasteiger partial charge in [-0.1, -0.05) is 26.0 Å². The fourth-order valence-electron chi connectivity index (χ4n) is 2.11. The molecule has 0 aliphatic carbocycles. The monoisotopic (exact) mass is 378 g/mol. The molecule has 0 radical (unpaired) electrons. The molecule has 0 spiro atoms. The zero-order chi connectivity index (χ0) is 19.1. The first-order chi connectivity index (χ1) is 12.4. The number of carbonyl (C=O) groups is 3. The molecule has 0 unspecified atom stereocenters. The topological polar surface area (TPSA) is 84.5 Å². The van der Waals surface area contributed by atoms with E-state index in [9.17, 15) is 18.8 Å². The summed E-state index contributed by atoms with van der Waals surface area (Å²) in [4.78, 5) is 36.7. The van der Waals surface area contributed by atoms with E-state index in [2.05, 4.69) is 10.6 Å². The van der Waals surface area contributed by atoms with Gasteiger partial charge in [-0.25, -0.2) is 9.18 Å². The summed E-state index contributed by atoms with van der Waals surface area (Å²) in [6.07, 6.45) is 0.